The lowest BCUT2D eigenvalue weighted by Gasteiger charge is -2.32. The van der Waals surface area contributed by atoms with E-state index in [0.717, 1.165) is 37.0 Å². The van der Waals surface area contributed by atoms with Crippen molar-refractivity contribution in [2.24, 2.45) is 0 Å². The standard InChI is InChI=1S/C22H24N4O2/c1-26-12-15-8-4-5-9-17(15)19(13-26)24-21(27)16-10-18-20(14-6-2-3-7-14)25-28-22(18)23-11-16/h4-5,8-11,14,19H,2-3,6-7,12-13H2,1H3,(H,24,27). The van der Waals surface area contributed by atoms with Crippen LogP contribution in [0.5, 0.6) is 0 Å². The van der Waals surface area contributed by atoms with Crippen LogP contribution >= 0.6 is 0 Å². The quantitative estimate of drug-likeness (QED) is 0.753. The number of carbonyl (C=O) groups excluding carboxylic acids is 1. The summed E-state index contributed by atoms with van der Waals surface area (Å²) in [4.78, 5) is 19.6. The highest BCUT2D eigenvalue weighted by atomic mass is 16.5. The van der Waals surface area contributed by atoms with Gasteiger partial charge in [-0.25, -0.2) is 4.98 Å². The summed E-state index contributed by atoms with van der Waals surface area (Å²) in [6, 6.07) is 10.2. The van der Waals surface area contributed by atoms with E-state index >= 15 is 0 Å². The molecule has 2 aromatic heterocycles. The second-order valence-corrected chi connectivity index (χ2v) is 8.05. The molecule has 1 aliphatic heterocycles. The lowest BCUT2D eigenvalue weighted by Crippen LogP contribution is -2.40. The molecule has 1 N–H and O–H groups in total. The average Bonchev–Trinajstić information content (AvgIpc) is 3.36. The van der Waals surface area contributed by atoms with Gasteiger partial charge in [0.2, 0.25) is 0 Å². The van der Waals surface area contributed by atoms with Gasteiger partial charge in [-0.3, -0.25) is 9.69 Å². The number of pyridine rings is 1. The number of likely N-dealkylation sites (N-methyl/N-ethyl adjacent to an activating group) is 1. The van der Waals surface area contributed by atoms with Crippen LogP contribution in [0, 0.1) is 0 Å². The molecule has 6 heteroatoms. The van der Waals surface area contributed by atoms with E-state index < -0.39 is 0 Å². The average molecular weight is 376 g/mol. The molecule has 1 fully saturated rings. The summed E-state index contributed by atoms with van der Waals surface area (Å²) < 4.78 is 5.41. The van der Waals surface area contributed by atoms with Gasteiger partial charge in [0.05, 0.1) is 22.7 Å². The van der Waals surface area contributed by atoms with Crippen LogP contribution in [0.4, 0.5) is 0 Å². The molecule has 0 radical (unpaired) electrons. The fourth-order valence-electron chi connectivity index (χ4n) is 4.62. The fraction of sp³-hybridized carbons (Fsp3) is 0.409. The highest BCUT2D eigenvalue weighted by Crippen LogP contribution is 2.36. The first-order valence-electron chi connectivity index (χ1n) is 10.0. The number of fused-ring (bicyclic) bond motifs is 2. The first-order chi connectivity index (χ1) is 13.7. The molecule has 3 aromatic rings. The molecule has 0 saturated heterocycles. The largest absolute Gasteiger partial charge is 0.344 e. The number of carbonyl (C=O) groups is 1. The van der Waals surface area contributed by atoms with Crippen LogP contribution in [0.1, 0.15) is 64.8 Å². The van der Waals surface area contributed by atoms with Crippen molar-refractivity contribution in [1.82, 2.24) is 20.4 Å². The Morgan fingerprint density at radius 3 is 2.93 bits per heavy atom. The Hall–Kier alpha value is -2.73. The van der Waals surface area contributed by atoms with E-state index in [9.17, 15) is 4.79 Å². The van der Waals surface area contributed by atoms with Crippen molar-refractivity contribution in [3.8, 4) is 0 Å². The number of aromatic nitrogens is 2. The first-order valence-corrected chi connectivity index (χ1v) is 10.0. The molecule has 0 spiro atoms. The van der Waals surface area contributed by atoms with Crippen LogP contribution in [-0.2, 0) is 6.54 Å². The van der Waals surface area contributed by atoms with Crippen molar-refractivity contribution in [2.75, 3.05) is 13.6 Å². The minimum Gasteiger partial charge on any atom is -0.344 e. The SMILES string of the molecule is CN1Cc2ccccc2C(NC(=O)c2cnc3onc(C4CCCC4)c3c2)C1. The van der Waals surface area contributed by atoms with E-state index in [0.29, 0.717) is 17.2 Å². The Kier molecular flexibility index (Phi) is 4.36. The summed E-state index contributed by atoms with van der Waals surface area (Å²) in [5, 5.41) is 8.33. The van der Waals surface area contributed by atoms with E-state index in [1.807, 2.05) is 18.2 Å². The van der Waals surface area contributed by atoms with Gasteiger partial charge >= 0.3 is 0 Å². The van der Waals surface area contributed by atoms with Crippen molar-refractivity contribution in [2.45, 2.75) is 44.2 Å². The van der Waals surface area contributed by atoms with Crippen LogP contribution in [0.15, 0.2) is 41.1 Å². The third-order valence-corrected chi connectivity index (χ3v) is 6.03. The number of benzene rings is 1. The summed E-state index contributed by atoms with van der Waals surface area (Å²) in [6.07, 6.45) is 6.29. The number of rotatable bonds is 3. The molecule has 1 aromatic carbocycles. The van der Waals surface area contributed by atoms with Crippen LogP contribution in [-0.4, -0.2) is 34.5 Å². The van der Waals surface area contributed by atoms with Crippen LogP contribution in [0.3, 0.4) is 0 Å². The van der Waals surface area contributed by atoms with Gasteiger partial charge in [-0.2, -0.15) is 0 Å². The summed E-state index contributed by atoms with van der Waals surface area (Å²) in [6.45, 7) is 1.69. The van der Waals surface area contributed by atoms with Crippen LogP contribution < -0.4 is 5.32 Å². The third-order valence-electron chi connectivity index (χ3n) is 6.03. The maximum atomic E-state index is 13.0. The summed E-state index contributed by atoms with van der Waals surface area (Å²) in [5.74, 6) is 0.309. The van der Waals surface area contributed by atoms with Gasteiger partial charge in [-0.1, -0.05) is 42.3 Å². The predicted octanol–water partition coefficient (Wildman–Crippen LogP) is 3.80. The van der Waals surface area contributed by atoms with Gasteiger partial charge in [-0.05, 0) is 37.1 Å². The molecule has 1 amide bonds. The smallest absolute Gasteiger partial charge is 0.257 e. The molecule has 2 aliphatic rings. The van der Waals surface area contributed by atoms with Gasteiger partial charge in [-0.15, -0.1) is 0 Å². The van der Waals surface area contributed by atoms with Gasteiger partial charge in [0, 0.05) is 25.2 Å². The summed E-state index contributed by atoms with van der Waals surface area (Å²) in [5.41, 5.74) is 4.48. The number of nitrogens with one attached hydrogen (secondary N) is 1. The Morgan fingerprint density at radius 1 is 1.25 bits per heavy atom. The van der Waals surface area contributed by atoms with Crippen LogP contribution in [0.25, 0.3) is 11.1 Å². The Balaban J connectivity index is 1.42. The minimum atomic E-state index is -0.108. The molecule has 1 aliphatic carbocycles. The first kappa shape index (κ1) is 17.4. The Labute approximate surface area is 163 Å². The second kappa shape index (κ2) is 7.02. The number of hydrogen-bond acceptors (Lipinski definition) is 5. The lowest BCUT2D eigenvalue weighted by atomic mass is 9.95. The van der Waals surface area contributed by atoms with E-state index in [1.165, 1.54) is 24.0 Å². The second-order valence-electron chi connectivity index (χ2n) is 8.05. The van der Waals surface area contributed by atoms with Gasteiger partial charge in [0.1, 0.15) is 0 Å². The summed E-state index contributed by atoms with van der Waals surface area (Å²) in [7, 11) is 2.08. The predicted molar refractivity (Wildman–Crippen MR) is 106 cm³/mol. The Morgan fingerprint density at radius 2 is 2.07 bits per heavy atom. The van der Waals surface area contributed by atoms with E-state index in [4.69, 9.17) is 4.52 Å². The van der Waals surface area contributed by atoms with Crippen molar-refractivity contribution in [3.05, 3.63) is 58.9 Å². The van der Waals surface area contributed by atoms with Crippen molar-refractivity contribution < 1.29 is 9.32 Å². The number of nitrogens with zero attached hydrogens (tertiary/aromatic N) is 3. The molecule has 0 bridgehead atoms. The Bertz CT molecular complexity index is 1020. The molecule has 3 heterocycles. The van der Waals surface area contributed by atoms with Gasteiger partial charge < -0.3 is 9.84 Å². The zero-order valence-corrected chi connectivity index (χ0v) is 16.0. The van der Waals surface area contributed by atoms with Gasteiger partial charge in [0.15, 0.2) is 0 Å². The zero-order valence-electron chi connectivity index (χ0n) is 16.0. The maximum Gasteiger partial charge on any atom is 0.257 e. The molecule has 28 heavy (non-hydrogen) atoms. The summed E-state index contributed by atoms with van der Waals surface area (Å²) >= 11 is 0. The van der Waals surface area contributed by atoms with Crippen LogP contribution in [0.2, 0.25) is 0 Å². The monoisotopic (exact) mass is 376 g/mol. The highest BCUT2D eigenvalue weighted by Gasteiger charge is 2.27. The van der Waals surface area contributed by atoms with Crippen molar-refractivity contribution >= 4 is 17.0 Å². The van der Waals surface area contributed by atoms with Crippen molar-refractivity contribution in [1.29, 1.82) is 0 Å². The number of amides is 1. The minimum absolute atomic E-state index is 0.0325. The molecule has 1 saturated carbocycles. The van der Waals surface area contributed by atoms with Crippen molar-refractivity contribution in [3.63, 3.8) is 0 Å². The molecule has 5 rings (SSSR count). The third kappa shape index (κ3) is 3.07. The molecule has 6 nitrogen and oxygen atoms in total. The molecular weight excluding hydrogens is 352 g/mol. The van der Waals surface area contributed by atoms with E-state index in [2.05, 4.69) is 39.5 Å². The highest BCUT2D eigenvalue weighted by molar-refractivity contribution is 5.97. The maximum absolute atomic E-state index is 13.0. The van der Waals surface area contributed by atoms with E-state index in [1.54, 1.807) is 6.20 Å². The molecule has 1 atom stereocenters. The van der Waals surface area contributed by atoms with Gasteiger partial charge in [0.25, 0.3) is 11.6 Å². The lowest BCUT2D eigenvalue weighted by molar-refractivity contribution is 0.0922. The molecule has 144 valence electrons. The molecular formula is C22H24N4O2. The fourth-order valence-corrected chi connectivity index (χ4v) is 4.62. The van der Waals surface area contributed by atoms with E-state index in [-0.39, 0.29) is 11.9 Å². The zero-order chi connectivity index (χ0) is 19.1. The number of hydrogen-bond donors (Lipinski definition) is 1. The molecule has 1 unspecified atom stereocenters. The topological polar surface area (TPSA) is 71.3 Å². The normalized spacial score (nSPS) is 20.4.